The molecule has 0 aliphatic rings. The minimum absolute atomic E-state index is 0.0941. The summed E-state index contributed by atoms with van der Waals surface area (Å²) in [5.74, 6) is -1.33. The lowest BCUT2D eigenvalue weighted by molar-refractivity contribution is -0.147. The van der Waals surface area contributed by atoms with Crippen molar-refractivity contribution >= 4 is 17.8 Å². The number of carbonyl (C=O) groups excluding carboxylic acids is 2. The fourth-order valence-electron chi connectivity index (χ4n) is 6.51. The Balaban J connectivity index is 3.96. The quantitative estimate of drug-likeness (QED) is 0.0326. The van der Waals surface area contributed by atoms with Crippen LogP contribution in [-0.4, -0.2) is 41.6 Å². The molecule has 0 heterocycles. The van der Waals surface area contributed by atoms with Gasteiger partial charge in [0.15, 0.2) is 0 Å². The molecule has 1 amide bonds. The topological polar surface area (TPSA) is 119 Å². The molecular formula is C46H84N2O5. The third-order valence-electron chi connectivity index (χ3n) is 9.91. The largest absolute Gasteiger partial charge is 0.480 e. The Bertz CT molecular complexity index is 931. The molecule has 0 aromatic rings. The second kappa shape index (κ2) is 40.8. The molecule has 0 saturated carbocycles. The highest BCUT2D eigenvalue weighted by Gasteiger charge is 2.19. The van der Waals surface area contributed by atoms with Gasteiger partial charge >= 0.3 is 11.9 Å². The average molecular weight is 745 g/mol. The van der Waals surface area contributed by atoms with Gasteiger partial charge in [0.2, 0.25) is 5.91 Å². The fourth-order valence-corrected chi connectivity index (χ4v) is 6.51. The Morgan fingerprint density at radius 3 is 1.60 bits per heavy atom. The van der Waals surface area contributed by atoms with Crippen LogP contribution in [0.4, 0.5) is 0 Å². The van der Waals surface area contributed by atoms with Crippen molar-refractivity contribution in [2.24, 2.45) is 5.73 Å². The Morgan fingerprint density at radius 1 is 0.566 bits per heavy atom. The number of allylic oxidation sites excluding steroid dienone is 5. The molecule has 0 aromatic carbocycles. The van der Waals surface area contributed by atoms with E-state index < -0.39 is 12.0 Å². The van der Waals surface area contributed by atoms with Crippen molar-refractivity contribution in [3.05, 3.63) is 36.5 Å². The van der Waals surface area contributed by atoms with E-state index in [0.29, 0.717) is 38.6 Å². The number of hydrogen-bond acceptors (Lipinski definition) is 5. The van der Waals surface area contributed by atoms with Crippen LogP contribution in [0, 0.1) is 0 Å². The van der Waals surface area contributed by atoms with Crippen molar-refractivity contribution in [1.82, 2.24) is 5.32 Å². The average Bonchev–Trinajstić information content (AvgIpc) is 3.14. The van der Waals surface area contributed by atoms with Gasteiger partial charge in [0, 0.05) is 12.8 Å². The summed E-state index contributed by atoms with van der Waals surface area (Å²) in [5, 5.41) is 11.9. The zero-order valence-electron chi connectivity index (χ0n) is 34.6. The van der Waals surface area contributed by atoms with Crippen molar-refractivity contribution in [3.8, 4) is 0 Å². The maximum atomic E-state index is 12.7. The van der Waals surface area contributed by atoms with Gasteiger partial charge in [-0.25, -0.2) is 4.79 Å². The molecule has 0 aliphatic heterocycles. The van der Waals surface area contributed by atoms with E-state index in [9.17, 15) is 19.5 Å². The van der Waals surface area contributed by atoms with Crippen LogP contribution in [0.2, 0.25) is 0 Å². The van der Waals surface area contributed by atoms with Crippen LogP contribution in [0.15, 0.2) is 36.5 Å². The minimum atomic E-state index is -1.02. The molecule has 7 heteroatoms. The number of rotatable bonds is 40. The minimum Gasteiger partial charge on any atom is -0.480 e. The van der Waals surface area contributed by atoms with Gasteiger partial charge in [0.25, 0.3) is 0 Å². The van der Waals surface area contributed by atoms with Gasteiger partial charge in [0.05, 0.1) is 0 Å². The predicted octanol–water partition coefficient (Wildman–Crippen LogP) is 12.6. The van der Waals surface area contributed by atoms with E-state index in [2.05, 4.69) is 55.6 Å². The van der Waals surface area contributed by atoms with Crippen LogP contribution < -0.4 is 11.1 Å². The molecular weight excluding hydrogens is 661 g/mol. The maximum Gasteiger partial charge on any atom is 0.326 e. The number of ether oxygens (including phenoxy) is 1. The lowest BCUT2D eigenvalue weighted by Crippen LogP contribution is -2.40. The summed E-state index contributed by atoms with van der Waals surface area (Å²) in [6.45, 7) is 4.87. The molecule has 2 unspecified atom stereocenters. The molecule has 53 heavy (non-hydrogen) atoms. The number of carboxylic acids is 1. The number of aliphatic carboxylic acids is 1. The van der Waals surface area contributed by atoms with E-state index in [0.717, 1.165) is 57.8 Å². The van der Waals surface area contributed by atoms with Crippen molar-refractivity contribution in [3.63, 3.8) is 0 Å². The van der Waals surface area contributed by atoms with E-state index in [1.165, 1.54) is 116 Å². The number of amides is 1. The number of carboxylic acid groups (broad SMARTS) is 1. The first-order valence-electron chi connectivity index (χ1n) is 22.3. The summed E-state index contributed by atoms with van der Waals surface area (Å²) in [5.41, 5.74) is 5.47. The highest BCUT2D eigenvalue weighted by Crippen LogP contribution is 2.16. The second-order valence-electron chi connectivity index (χ2n) is 15.1. The Kier molecular flexibility index (Phi) is 38.9. The second-order valence-corrected chi connectivity index (χ2v) is 15.1. The normalized spacial score (nSPS) is 13.0. The SMILES string of the molecule is CCCCC/C=C\C(CCCCCCC(=O)NC(CCCN)C(=O)O)OC(=O)CCCCCCCCCCCCC/C=C\C/C=C\CCCCCCC. The first-order chi connectivity index (χ1) is 25.9. The van der Waals surface area contributed by atoms with E-state index >= 15 is 0 Å². The number of hydrogen-bond donors (Lipinski definition) is 3. The summed E-state index contributed by atoms with van der Waals surface area (Å²) < 4.78 is 5.89. The summed E-state index contributed by atoms with van der Waals surface area (Å²) >= 11 is 0. The zero-order chi connectivity index (χ0) is 38.9. The summed E-state index contributed by atoms with van der Waals surface area (Å²) in [7, 11) is 0. The third-order valence-corrected chi connectivity index (χ3v) is 9.91. The van der Waals surface area contributed by atoms with Gasteiger partial charge in [-0.3, -0.25) is 9.59 Å². The Morgan fingerprint density at radius 2 is 1.04 bits per heavy atom. The van der Waals surface area contributed by atoms with Gasteiger partial charge in [-0.1, -0.05) is 153 Å². The molecule has 0 rings (SSSR count). The molecule has 4 N–H and O–H groups in total. The molecule has 2 atom stereocenters. The van der Waals surface area contributed by atoms with Gasteiger partial charge in [-0.15, -0.1) is 0 Å². The van der Waals surface area contributed by atoms with Crippen molar-refractivity contribution in [1.29, 1.82) is 0 Å². The first kappa shape index (κ1) is 50.6. The lowest BCUT2D eigenvalue weighted by Gasteiger charge is -2.15. The number of nitrogens with one attached hydrogen (secondary N) is 1. The molecule has 0 spiro atoms. The third kappa shape index (κ3) is 37.7. The number of nitrogens with two attached hydrogens (primary N) is 1. The Hall–Kier alpha value is -2.41. The van der Waals surface area contributed by atoms with Crippen molar-refractivity contribution < 1.29 is 24.2 Å². The number of esters is 1. The summed E-state index contributed by atoms with van der Waals surface area (Å²) in [6, 6.07) is -0.869. The van der Waals surface area contributed by atoms with Crippen LogP contribution in [-0.2, 0) is 19.1 Å². The molecule has 308 valence electrons. The van der Waals surface area contributed by atoms with Gasteiger partial charge in [-0.2, -0.15) is 0 Å². The van der Waals surface area contributed by atoms with Crippen LogP contribution in [0.5, 0.6) is 0 Å². The zero-order valence-corrected chi connectivity index (χ0v) is 34.6. The smallest absolute Gasteiger partial charge is 0.326 e. The number of carbonyl (C=O) groups is 3. The fraction of sp³-hybridized carbons (Fsp3) is 0.804. The predicted molar refractivity (Wildman–Crippen MR) is 225 cm³/mol. The highest BCUT2D eigenvalue weighted by molar-refractivity contribution is 5.83. The standard InChI is InChI=1S/C46H84N2O5/c1-3-5-7-9-10-11-12-13-14-15-16-17-18-19-20-21-22-23-24-25-26-28-34-40-45(50)53-42(36-31-27-8-6-4-2)37-32-29-30-33-39-44(49)48-43(46(51)52)38-35-41-47/h12-13,15-16,31,36,42-43H,3-11,14,17-30,32-35,37-41,47H2,1-2H3,(H,48,49)(H,51,52)/b13-12-,16-15-,36-31-. The van der Waals surface area contributed by atoms with E-state index in [-0.39, 0.29) is 18.0 Å². The maximum absolute atomic E-state index is 12.7. The highest BCUT2D eigenvalue weighted by atomic mass is 16.5. The molecule has 0 radical (unpaired) electrons. The lowest BCUT2D eigenvalue weighted by atomic mass is 10.0. The first-order valence-corrected chi connectivity index (χ1v) is 22.3. The Labute approximate surface area is 326 Å². The monoisotopic (exact) mass is 745 g/mol. The van der Waals surface area contributed by atoms with Gasteiger partial charge in [-0.05, 0) is 96.1 Å². The van der Waals surface area contributed by atoms with Crippen LogP contribution in [0.3, 0.4) is 0 Å². The van der Waals surface area contributed by atoms with E-state index in [1.54, 1.807) is 0 Å². The van der Waals surface area contributed by atoms with E-state index in [4.69, 9.17) is 10.5 Å². The van der Waals surface area contributed by atoms with Crippen molar-refractivity contribution in [2.75, 3.05) is 6.54 Å². The molecule has 0 saturated heterocycles. The van der Waals surface area contributed by atoms with Gasteiger partial charge in [0.1, 0.15) is 12.1 Å². The molecule has 7 nitrogen and oxygen atoms in total. The summed E-state index contributed by atoms with van der Waals surface area (Å²) in [6.07, 6.45) is 48.0. The molecule has 0 fully saturated rings. The van der Waals surface area contributed by atoms with Crippen LogP contribution in [0.1, 0.15) is 219 Å². The molecule has 0 aliphatic carbocycles. The summed E-state index contributed by atoms with van der Waals surface area (Å²) in [4.78, 5) is 36.2. The molecule has 0 aromatic heterocycles. The molecule has 0 bridgehead atoms. The van der Waals surface area contributed by atoms with Crippen molar-refractivity contribution in [2.45, 2.75) is 231 Å². The van der Waals surface area contributed by atoms with Gasteiger partial charge < -0.3 is 20.9 Å². The van der Waals surface area contributed by atoms with Crippen LogP contribution in [0.25, 0.3) is 0 Å². The van der Waals surface area contributed by atoms with Crippen LogP contribution >= 0.6 is 0 Å². The van der Waals surface area contributed by atoms with E-state index in [1.807, 2.05) is 0 Å². The number of unbranched alkanes of at least 4 members (excludes halogenated alkanes) is 22.